The lowest BCUT2D eigenvalue weighted by molar-refractivity contribution is -0.138. The lowest BCUT2D eigenvalue weighted by Crippen LogP contribution is -2.14. The van der Waals surface area contributed by atoms with Crippen LogP contribution in [0.4, 0.5) is 13.2 Å². The smallest absolute Gasteiger partial charge is 0.324 e. The Balaban J connectivity index is 1.99. The predicted molar refractivity (Wildman–Crippen MR) is 84.0 cm³/mol. The molecule has 0 unspecified atom stereocenters. The van der Waals surface area contributed by atoms with Crippen molar-refractivity contribution in [1.82, 2.24) is 9.55 Å². The summed E-state index contributed by atoms with van der Waals surface area (Å²) >= 11 is 0. The molecular weight excluding hydrogens is 301 g/mol. The number of aryl methyl sites for hydroxylation is 1. The molecule has 3 rings (SSSR count). The second kappa shape index (κ2) is 6.22. The molecule has 0 amide bonds. The lowest BCUT2D eigenvalue weighted by atomic mass is 9.99. The zero-order chi connectivity index (χ0) is 16.4. The molecule has 0 atom stereocenters. The van der Waals surface area contributed by atoms with Crippen molar-refractivity contribution in [1.29, 1.82) is 0 Å². The van der Waals surface area contributed by atoms with Gasteiger partial charge in [0.2, 0.25) is 0 Å². The van der Waals surface area contributed by atoms with Gasteiger partial charge < -0.3 is 4.57 Å². The molecular formula is C18H19F3N2. The van der Waals surface area contributed by atoms with Crippen molar-refractivity contribution >= 4 is 5.57 Å². The molecule has 1 aliphatic carbocycles. The third kappa shape index (κ3) is 3.33. The first-order valence-corrected chi connectivity index (χ1v) is 7.83. The van der Waals surface area contributed by atoms with Crippen molar-refractivity contribution in [2.75, 3.05) is 0 Å². The molecule has 2 nitrogen and oxygen atoms in total. The largest absolute Gasteiger partial charge is 0.416 e. The summed E-state index contributed by atoms with van der Waals surface area (Å²) in [4.78, 5) is 4.44. The van der Waals surface area contributed by atoms with Gasteiger partial charge in [-0.1, -0.05) is 24.3 Å². The van der Waals surface area contributed by atoms with Crippen LogP contribution in [-0.2, 0) is 12.7 Å². The van der Waals surface area contributed by atoms with Gasteiger partial charge in [0.15, 0.2) is 0 Å². The van der Waals surface area contributed by atoms with Crippen molar-refractivity contribution in [3.63, 3.8) is 0 Å². The van der Waals surface area contributed by atoms with Crippen molar-refractivity contribution < 1.29 is 13.2 Å². The molecule has 1 aliphatic rings. The highest BCUT2D eigenvalue weighted by atomic mass is 19.4. The number of imidazole rings is 1. The van der Waals surface area contributed by atoms with Crippen molar-refractivity contribution in [2.45, 2.75) is 45.3 Å². The molecule has 1 aromatic heterocycles. The maximum atomic E-state index is 13.2. The van der Waals surface area contributed by atoms with Gasteiger partial charge in [-0.2, -0.15) is 13.2 Å². The molecule has 0 saturated carbocycles. The summed E-state index contributed by atoms with van der Waals surface area (Å²) in [5, 5.41) is 0. The van der Waals surface area contributed by atoms with Crippen molar-refractivity contribution in [2.24, 2.45) is 0 Å². The van der Waals surface area contributed by atoms with Gasteiger partial charge in [0.25, 0.3) is 0 Å². The van der Waals surface area contributed by atoms with Crippen LogP contribution in [0.1, 0.15) is 48.3 Å². The first-order valence-electron chi connectivity index (χ1n) is 7.83. The minimum atomic E-state index is -4.34. The highest BCUT2D eigenvalue weighted by molar-refractivity contribution is 5.61. The minimum absolute atomic E-state index is 0.189. The SMILES string of the molecule is Cc1cnc(C2=CCCCC2)n1Cc1ccccc1C(F)(F)F. The van der Waals surface area contributed by atoms with Gasteiger partial charge in [0.1, 0.15) is 5.82 Å². The number of nitrogens with zero attached hydrogens (tertiary/aromatic N) is 2. The van der Waals surface area contributed by atoms with E-state index in [1.54, 1.807) is 18.3 Å². The second-order valence-corrected chi connectivity index (χ2v) is 5.94. The topological polar surface area (TPSA) is 17.8 Å². The molecule has 0 fully saturated rings. The highest BCUT2D eigenvalue weighted by Gasteiger charge is 2.33. The molecule has 0 spiro atoms. The van der Waals surface area contributed by atoms with Crippen LogP contribution in [-0.4, -0.2) is 9.55 Å². The minimum Gasteiger partial charge on any atom is -0.324 e. The summed E-state index contributed by atoms with van der Waals surface area (Å²) in [7, 11) is 0. The lowest BCUT2D eigenvalue weighted by Gasteiger charge is -2.18. The highest BCUT2D eigenvalue weighted by Crippen LogP contribution is 2.33. The molecule has 0 saturated heterocycles. The summed E-state index contributed by atoms with van der Waals surface area (Å²) in [5.41, 5.74) is 1.73. The Labute approximate surface area is 133 Å². The summed E-state index contributed by atoms with van der Waals surface area (Å²) < 4.78 is 41.5. The Morgan fingerprint density at radius 1 is 1.17 bits per heavy atom. The van der Waals surface area contributed by atoms with Crippen LogP contribution in [0.5, 0.6) is 0 Å². The van der Waals surface area contributed by atoms with Gasteiger partial charge in [-0.05, 0) is 49.8 Å². The van der Waals surface area contributed by atoms with Crippen LogP contribution in [0.25, 0.3) is 5.57 Å². The molecule has 1 aromatic carbocycles. The maximum absolute atomic E-state index is 13.2. The maximum Gasteiger partial charge on any atom is 0.416 e. The molecule has 1 heterocycles. The molecule has 23 heavy (non-hydrogen) atoms. The number of benzene rings is 1. The Morgan fingerprint density at radius 2 is 1.96 bits per heavy atom. The monoisotopic (exact) mass is 320 g/mol. The summed E-state index contributed by atoms with van der Waals surface area (Å²) in [6.45, 7) is 2.07. The number of hydrogen-bond donors (Lipinski definition) is 0. The average Bonchev–Trinajstić information content (AvgIpc) is 2.89. The first kappa shape index (κ1) is 15.8. The molecule has 0 bridgehead atoms. The van der Waals surface area contributed by atoms with E-state index in [2.05, 4.69) is 11.1 Å². The number of rotatable bonds is 3. The van der Waals surface area contributed by atoms with E-state index < -0.39 is 11.7 Å². The van der Waals surface area contributed by atoms with E-state index in [9.17, 15) is 13.2 Å². The molecule has 0 N–H and O–H groups in total. The number of alkyl halides is 3. The molecule has 122 valence electrons. The summed E-state index contributed by atoms with van der Waals surface area (Å²) in [6, 6.07) is 5.76. The zero-order valence-corrected chi connectivity index (χ0v) is 13.0. The van der Waals surface area contributed by atoms with E-state index in [0.717, 1.165) is 42.4 Å². The number of allylic oxidation sites excluding steroid dienone is 2. The standard InChI is InChI=1S/C18H19F3N2/c1-13-11-22-17(14-7-3-2-4-8-14)23(13)12-15-9-5-6-10-16(15)18(19,20)21/h5-7,9-11H,2-4,8,12H2,1H3. The van der Waals surface area contributed by atoms with Gasteiger partial charge in [-0.15, -0.1) is 0 Å². The number of halogens is 3. The van der Waals surface area contributed by atoms with Gasteiger partial charge in [0.05, 0.1) is 5.56 Å². The van der Waals surface area contributed by atoms with Crippen molar-refractivity contribution in [3.05, 3.63) is 59.2 Å². The summed E-state index contributed by atoms with van der Waals surface area (Å²) in [5.74, 6) is 0.805. The van der Waals surface area contributed by atoms with Gasteiger partial charge in [-0.3, -0.25) is 0 Å². The first-order chi connectivity index (χ1) is 11.0. The van der Waals surface area contributed by atoms with E-state index in [1.807, 2.05) is 11.5 Å². The second-order valence-electron chi connectivity index (χ2n) is 5.94. The van der Waals surface area contributed by atoms with Gasteiger partial charge in [0, 0.05) is 18.4 Å². The molecule has 2 aromatic rings. The quantitative estimate of drug-likeness (QED) is 0.758. The predicted octanol–water partition coefficient (Wildman–Crippen LogP) is 5.22. The van der Waals surface area contributed by atoms with E-state index in [-0.39, 0.29) is 12.1 Å². The van der Waals surface area contributed by atoms with Crippen LogP contribution in [0.2, 0.25) is 0 Å². The zero-order valence-electron chi connectivity index (χ0n) is 13.0. The van der Waals surface area contributed by atoms with Crippen LogP contribution in [0, 0.1) is 6.92 Å². The average molecular weight is 320 g/mol. The normalized spacial score (nSPS) is 15.6. The van der Waals surface area contributed by atoms with E-state index in [0.29, 0.717) is 0 Å². The number of hydrogen-bond acceptors (Lipinski definition) is 1. The Morgan fingerprint density at radius 3 is 2.65 bits per heavy atom. The Hall–Kier alpha value is -2.04. The van der Waals surface area contributed by atoms with Crippen LogP contribution in [0.3, 0.4) is 0 Å². The van der Waals surface area contributed by atoms with Crippen LogP contribution >= 0.6 is 0 Å². The van der Waals surface area contributed by atoms with E-state index in [4.69, 9.17) is 0 Å². The van der Waals surface area contributed by atoms with E-state index in [1.165, 1.54) is 12.5 Å². The van der Waals surface area contributed by atoms with Crippen LogP contribution in [0.15, 0.2) is 36.5 Å². The van der Waals surface area contributed by atoms with Crippen LogP contribution < -0.4 is 0 Å². The molecule has 5 heteroatoms. The van der Waals surface area contributed by atoms with Crippen molar-refractivity contribution in [3.8, 4) is 0 Å². The molecule has 0 aliphatic heterocycles. The number of aromatic nitrogens is 2. The summed E-state index contributed by atoms with van der Waals surface area (Å²) in [6.07, 6.45) is 3.79. The van der Waals surface area contributed by atoms with Gasteiger partial charge >= 0.3 is 6.18 Å². The van der Waals surface area contributed by atoms with Gasteiger partial charge in [-0.25, -0.2) is 4.98 Å². The molecule has 0 radical (unpaired) electrons. The fraction of sp³-hybridized carbons (Fsp3) is 0.389. The van der Waals surface area contributed by atoms with E-state index >= 15 is 0 Å². The Bertz CT molecular complexity index is 726. The third-order valence-electron chi connectivity index (χ3n) is 4.28. The Kier molecular flexibility index (Phi) is 4.28. The fourth-order valence-corrected chi connectivity index (χ4v) is 3.06. The fourth-order valence-electron chi connectivity index (χ4n) is 3.06. The third-order valence-corrected chi connectivity index (χ3v) is 4.28.